The van der Waals surface area contributed by atoms with Crippen molar-refractivity contribution >= 4 is 97.7 Å². The summed E-state index contributed by atoms with van der Waals surface area (Å²) in [6.45, 7) is 0. The molecule has 0 fully saturated rings. The molecule has 0 saturated carbocycles. The molecule has 2 heteroatoms. The van der Waals surface area contributed by atoms with Crippen LogP contribution in [-0.4, -0.2) is 0 Å². The highest BCUT2D eigenvalue weighted by atomic mass is 16.3. The fourth-order valence-electron chi connectivity index (χ4n) is 10.7. The van der Waals surface area contributed by atoms with E-state index in [1.165, 1.54) is 76.3 Å². The molecule has 286 valence electrons. The van der Waals surface area contributed by atoms with Gasteiger partial charge in [-0.3, -0.25) is 0 Å². The quantitative estimate of drug-likeness (QED) is 0.166. The molecule has 0 saturated heterocycles. The Balaban J connectivity index is 1.04. The van der Waals surface area contributed by atoms with Gasteiger partial charge in [-0.1, -0.05) is 176 Å². The molecule has 2 aromatic heterocycles. The van der Waals surface area contributed by atoms with Gasteiger partial charge in [-0.05, 0) is 123 Å². The molecule has 62 heavy (non-hydrogen) atoms. The molecule has 0 aliphatic carbocycles. The minimum atomic E-state index is 0.886. The van der Waals surface area contributed by atoms with Crippen molar-refractivity contribution in [3.63, 3.8) is 0 Å². The number of benzene rings is 12. The van der Waals surface area contributed by atoms with E-state index in [-0.39, 0.29) is 0 Å². The molecule has 0 radical (unpaired) electrons. The summed E-state index contributed by atoms with van der Waals surface area (Å²) in [5.41, 5.74) is 13.0. The molecular formula is C60H34O2. The Morgan fingerprint density at radius 3 is 1.53 bits per heavy atom. The van der Waals surface area contributed by atoms with Crippen molar-refractivity contribution in [3.05, 3.63) is 206 Å². The first kappa shape index (κ1) is 33.6. The Labute approximate surface area is 355 Å². The molecule has 2 nitrogen and oxygen atoms in total. The smallest absolute Gasteiger partial charge is 0.143 e. The third-order valence-corrected chi connectivity index (χ3v) is 13.4. The van der Waals surface area contributed by atoms with Crippen molar-refractivity contribution in [2.24, 2.45) is 0 Å². The molecule has 14 rings (SSSR count). The van der Waals surface area contributed by atoms with Gasteiger partial charge in [0.2, 0.25) is 0 Å². The predicted octanol–water partition coefficient (Wildman–Crippen LogP) is 17.4. The van der Waals surface area contributed by atoms with E-state index in [0.29, 0.717) is 0 Å². The maximum atomic E-state index is 7.14. The molecule has 0 aliphatic heterocycles. The highest BCUT2D eigenvalue weighted by molar-refractivity contribution is 6.30. The average Bonchev–Trinajstić information content (AvgIpc) is 3.91. The number of hydrogen-bond donors (Lipinski definition) is 0. The molecule has 0 spiro atoms. The largest absolute Gasteiger partial charge is 0.456 e. The average molecular weight is 787 g/mol. The molecule has 0 amide bonds. The summed E-state index contributed by atoms with van der Waals surface area (Å²) in [6, 6.07) is 75.0. The van der Waals surface area contributed by atoms with Gasteiger partial charge >= 0.3 is 0 Å². The summed E-state index contributed by atoms with van der Waals surface area (Å²) in [5, 5.41) is 16.8. The molecule has 0 atom stereocenters. The third-order valence-electron chi connectivity index (χ3n) is 13.4. The maximum Gasteiger partial charge on any atom is 0.143 e. The lowest BCUT2D eigenvalue weighted by molar-refractivity contribution is 0.669. The zero-order chi connectivity index (χ0) is 40.5. The lowest BCUT2D eigenvalue weighted by Gasteiger charge is -2.17. The van der Waals surface area contributed by atoms with Gasteiger partial charge in [0.05, 0.1) is 0 Å². The van der Waals surface area contributed by atoms with Crippen molar-refractivity contribution < 1.29 is 8.83 Å². The zero-order valence-corrected chi connectivity index (χ0v) is 33.4. The van der Waals surface area contributed by atoms with E-state index >= 15 is 0 Å². The minimum absolute atomic E-state index is 0.886. The topological polar surface area (TPSA) is 26.3 Å². The van der Waals surface area contributed by atoms with Crippen LogP contribution in [0.4, 0.5) is 0 Å². The van der Waals surface area contributed by atoms with Crippen molar-refractivity contribution in [2.45, 2.75) is 0 Å². The molecule has 0 N–H and O–H groups in total. The Morgan fingerprint density at radius 1 is 0.226 bits per heavy atom. The van der Waals surface area contributed by atoms with Gasteiger partial charge in [-0.2, -0.15) is 0 Å². The zero-order valence-electron chi connectivity index (χ0n) is 33.4. The summed E-state index contributed by atoms with van der Waals surface area (Å²) >= 11 is 0. The van der Waals surface area contributed by atoms with Crippen LogP contribution < -0.4 is 0 Å². The first-order valence-electron chi connectivity index (χ1n) is 21.3. The summed E-state index contributed by atoms with van der Waals surface area (Å²) in [6.07, 6.45) is 0. The summed E-state index contributed by atoms with van der Waals surface area (Å²) < 4.78 is 13.5. The van der Waals surface area contributed by atoms with E-state index < -0.39 is 0 Å². The van der Waals surface area contributed by atoms with Gasteiger partial charge < -0.3 is 8.83 Å². The molecule has 2 heterocycles. The number of para-hydroxylation sites is 1. The van der Waals surface area contributed by atoms with Crippen LogP contribution in [0.5, 0.6) is 0 Å². The first-order chi connectivity index (χ1) is 30.7. The van der Waals surface area contributed by atoms with Gasteiger partial charge in [0.15, 0.2) is 0 Å². The number of furan rings is 2. The molecule has 14 aromatic rings. The summed E-state index contributed by atoms with van der Waals surface area (Å²) in [7, 11) is 0. The summed E-state index contributed by atoms with van der Waals surface area (Å²) in [4.78, 5) is 0. The van der Waals surface area contributed by atoms with Gasteiger partial charge in [-0.15, -0.1) is 0 Å². The maximum absolute atomic E-state index is 7.14. The van der Waals surface area contributed by atoms with Crippen LogP contribution in [0.1, 0.15) is 0 Å². The lowest BCUT2D eigenvalue weighted by Crippen LogP contribution is -1.91. The Hall–Kier alpha value is -8.20. The molecular weight excluding hydrogens is 753 g/mol. The minimum Gasteiger partial charge on any atom is -0.456 e. The van der Waals surface area contributed by atoms with Gasteiger partial charge in [0.1, 0.15) is 22.3 Å². The molecule has 0 unspecified atom stereocenters. The second-order valence-electron chi connectivity index (χ2n) is 16.7. The van der Waals surface area contributed by atoms with E-state index in [9.17, 15) is 0 Å². The number of rotatable bonds is 4. The molecule has 0 bridgehead atoms. The molecule has 0 aliphatic rings. The van der Waals surface area contributed by atoms with Crippen molar-refractivity contribution in [3.8, 4) is 44.5 Å². The van der Waals surface area contributed by atoms with Crippen LogP contribution >= 0.6 is 0 Å². The Bertz CT molecular complexity index is 4150. The van der Waals surface area contributed by atoms with Crippen molar-refractivity contribution in [1.82, 2.24) is 0 Å². The van der Waals surface area contributed by atoms with Crippen LogP contribution in [0.3, 0.4) is 0 Å². The van der Waals surface area contributed by atoms with Crippen LogP contribution in [0, 0.1) is 0 Å². The van der Waals surface area contributed by atoms with Crippen molar-refractivity contribution in [1.29, 1.82) is 0 Å². The second-order valence-corrected chi connectivity index (χ2v) is 16.7. The fraction of sp³-hybridized carbons (Fsp3) is 0. The third kappa shape index (κ3) is 4.69. The van der Waals surface area contributed by atoms with Crippen molar-refractivity contribution in [2.75, 3.05) is 0 Å². The van der Waals surface area contributed by atoms with Crippen LogP contribution in [0.2, 0.25) is 0 Å². The van der Waals surface area contributed by atoms with E-state index in [1.807, 2.05) is 6.07 Å². The van der Waals surface area contributed by atoms with E-state index in [0.717, 1.165) is 66.0 Å². The monoisotopic (exact) mass is 786 g/mol. The van der Waals surface area contributed by atoms with Gasteiger partial charge in [-0.25, -0.2) is 0 Å². The Morgan fingerprint density at radius 2 is 0.758 bits per heavy atom. The Kier molecular flexibility index (Phi) is 6.86. The number of hydrogen-bond acceptors (Lipinski definition) is 2. The number of fused-ring (bicyclic) bond motifs is 8. The standard InChI is InChI=1S/C60H34O2/c1-2-11-35(12-3-1)40-25-21-36-24-28-48-45(26-22-37-23-27-47(40)56(36)57(37)48)49-31-32-50(60-59(49)52-33-38-13-4-5-14-39(38)34-55(52)62-60)44-30-29-43(41-15-6-7-16-42(41)44)46-18-10-20-54-58(46)51-17-8-9-19-53(51)61-54/h1-34H. The van der Waals surface area contributed by atoms with Crippen LogP contribution in [0.15, 0.2) is 215 Å². The SMILES string of the molecule is c1ccc(-c2ccc3ccc4c(-c5ccc(-c6ccc(-c7cccc8oc9ccccc9c78)c7ccccc67)c6oc7cc8ccccc8cc7c56)ccc5ccc2c3c54)cc1. The normalized spacial score (nSPS) is 12.2. The van der Waals surface area contributed by atoms with E-state index in [1.54, 1.807) is 0 Å². The lowest BCUT2D eigenvalue weighted by atomic mass is 9.85. The van der Waals surface area contributed by atoms with E-state index in [4.69, 9.17) is 8.83 Å². The van der Waals surface area contributed by atoms with Crippen LogP contribution in [-0.2, 0) is 0 Å². The predicted molar refractivity (Wildman–Crippen MR) is 261 cm³/mol. The summed E-state index contributed by atoms with van der Waals surface area (Å²) in [5.74, 6) is 0. The second kappa shape index (κ2) is 12.7. The van der Waals surface area contributed by atoms with Gasteiger partial charge in [0, 0.05) is 27.1 Å². The van der Waals surface area contributed by atoms with E-state index in [2.05, 4.69) is 200 Å². The van der Waals surface area contributed by atoms with Gasteiger partial charge in [0.25, 0.3) is 0 Å². The molecule has 12 aromatic carbocycles. The fourth-order valence-corrected chi connectivity index (χ4v) is 10.7. The highest BCUT2D eigenvalue weighted by Gasteiger charge is 2.23. The first-order valence-corrected chi connectivity index (χ1v) is 21.3. The van der Waals surface area contributed by atoms with Crippen LogP contribution in [0.25, 0.3) is 142 Å². The highest BCUT2D eigenvalue weighted by Crippen LogP contribution is 2.49.